The SMILES string of the molecule is C=CC=C[C@H](Oc1cc(CCCCCCCCCCCCCCCCCC=CCCCCCCCC)cc(O[C@H](CCCCCCCC)[C@H](CCCCCCCCCCCCCCCC=C)O[C@@H](C=CC=C)[C@H](O)CCCCCCCCCCCC=CCCCCCCCC)c1)[C@H](O)CCCCCCCCCCCC=CCCCCCCCC. The van der Waals surface area contributed by atoms with Gasteiger partial charge >= 0.3 is 0 Å². The van der Waals surface area contributed by atoms with Crippen molar-refractivity contribution in [2.24, 2.45) is 0 Å². The van der Waals surface area contributed by atoms with Crippen molar-refractivity contribution in [1.82, 2.24) is 0 Å². The van der Waals surface area contributed by atoms with Gasteiger partial charge in [0.2, 0.25) is 0 Å². The van der Waals surface area contributed by atoms with Crippen molar-refractivity contribution in [2.45, 2.75) is 591 Å². The molecule has 0 aliphatic heterocycles. The first-order chi connectivity index (χ1) is 58.9. The van der Waals surface area contributed by atoms with Crippen LogP contribution in [-0.2, 0) is 11.2 Å². The molecule has 692 valence electrons. The maximum atomic E-state index is 12.3. The van der Waals surface area contributed by atoms with Crippen molar-refractivity contribution in [3.05, 3.63) is 122 Å². The minimum atomic E-state index is -0.647. The molecule has 1 aromatic rings. The lowest BCUT2D eigenvalue weighted by molar-refractivity contribution is -0.0980. The molecule has 0 bridgehead atoms. The first kappa shape index (κ1) is 114. The molecule has 0 amide bonds. The molecule has 1 aromatic carbocycles. The monoisotopic (exact) mass is 1660 g/mol. The molecule has 0 spiro atoms. The number of aliphatic hydroxyl groups is 2. The van der Waals surface area contributed by atoms with Crippen molar-refractivity contribution < 1.29 is 24.4 Å². The van der Waals surface area contributed by atoms with Crippen molar-refractivity contribution in [1.29, 1.82) is 0 Å². The maximum absolute atomic E-state index is 12.3. The van der Waals surface area contributed by atoms with E-state index in [1.165, 1.54) is 449 Å². The van der Waals surface area contributed by atoms with Crippen molar-refractivity contribution >= 4 is 0 Å². The average molecular weight is 1660 g/mol. The van der Waals surface area contributed by atoms with Gasteiger partial charge in [-0.25, -0.2) is 0 Å². The Labute approximate surface area is 744 Å². The molecule has 119 heavy (non-hydrogen) atoms. The Kier molecular flexibility index (Phi) is 91.0. The van der Waals surface area contributed by atoms with Crippen LogP contribution in [0.15, 0.2) is 117 Å². The van der Waals surface area contributed by atoms with Crippen LogP contribution < -0.4 is 9.47 Å². The number of aliphatic hydroxyl groups excluding tert-OH is 2. The van der Waals surface area contributed by atoms with Gasteiger partial charge in [0.05, 0.1) is 18.3 Å². The van der Waals surface area contributed by atoms with E-state index in [1.807, 2.05) is 30.4 Å². The molecule has 0 aliphatic carbocycles. The quantitative estimate of drug-likeness (QED) is 0.0386. The number of aryl methyl sites for hydroxylation is 1. The summed E-state index contributed by atoms with van der Waals surface area (Å²) in [5.74, 6) is 1.58. The van der Waals surface area contributed by atoms with Crippen LogP contribution in [0.4, 0.5) is 0 Å². The molecule has 5 heteroatoms. The minimum Gasteiger partial charge on any atom is -0.488 e. The van der Waals surface area contributed by atoms with Crippen LogP contribution in [0.25, 0.3) is 0 Å². The molecular weight excluding hydrogens is 1450 g/mol. The lowest BCUT2D eigenvalue weighted by atomic mass is 9.97. The van der Waals surface area contributed by atoms with Gasteiger partial charge in [-0.15, -0.1) is 6.58 Å². The Balaban J connectivity index is 3.35. The number of allylic oxidation sites excluding steroid dienone is 11. The highest BCUT2D eigenvalue weighted by molar-refractivity contribution is 5.39. The summed E-state index contributed by atoms with van der Waals surface area (Å²) in [5.41, 5.74) is 1.23. The van der Waals surface area contributed by atoms with Crippen LogP contribution in [0.1, 0.15) is 553 Å². The Morgan fingerprint density at radius 3 is 0.782 bits per heavy atom. The van der Waals surface area contributed by atoms with Crippen LogP contribution >= 0.6 is 0 Å². The minimum absolute atomic E-state index is 0.217. The first-order valence-electron chi connectivity index (χ1n) is 53.5. The predicted molar refractivity (Wildman–Crippen MR) is 533 cm³/mol. The van der Waals surface area contributed by atoms with Gasteiger partial charge in [0, 0.05) is 6.07 Å². The summed E-state index contributed by atoms with van der Waals surface area (Å²) in [4.78, 5) is 0. The van der Waals surface area contributed by atoms with Crippen LogP contribution in [0.2, 0.25) is 0 Å². The zero-order chi connectivity index (χ0) is 85.6. The van der Waals surface area contributed by atoms with Gasteiger partial charge in [0.25, 0.3) is 0 Å². The largest absolute Gasteiger partial charge is 0.488 e. The van der Waals surface area contributed by atoms with E-state index in [1.54, 1.807) is 0 Å². The first-order valence-corrected chi connectivity index (χ1v) is 53.5. The van der Waals surface area contributed by atoms with Gasteiger partial charge in [-0.1, -0.05) is 505 Å². The van der Waals surface area contributed by atoms with E-state index in [0.29, 0.717) is 6.42 Å². The molecule has 0 heterocycles. The van der Waals surface area contributed by atoms with E-state index in [0.717, 1.165) is 88.5 Å². The van der Waals surface area contributed by atoms with Gasteiger partial charge in [0.1, 0.15) is 29.8 Å². The van der Waals surface area contributed by atoms with Gasteiger partial charge < -0.3 is 24.4 Å². The molecule has 2 N–H and O–H groups in total. The van der Waals surface area contributed by atoms with Gasteiger partial charge in [-0.3, -0.25) is 0 Å². The Hall–Kier alpha value is -3.38. The average Bonchev–Trinajstić information content (AvgIpc) is 0.835. The number of unbranched alkanes of at least 4 members (excludes halogenated alkanes) is 69. The fraction of sp³-hybridized carbons (Fsp3) is 0.807. The standard InChI is InChI=1S/C114H206O5/c1-8-15-22-27-32-36-40-44-48-51-54-55-56-57-58-59-62-63-67-70-74-78-82-86-91-96-106-103-107(117-111(99-20-13-6)109(115)97-92-87-83-79-75-71-68-64-60-52-49-45-41-37-33-28-23-16-9-2)105-108(104-106)118-113(101-94-89-31-26-19-12-5)114(102-95-90-85-81-77-73-66-47-43-39-35-30-25-18-11-4)119-112(100-21-14-7)110(116)98-93-88-84-80-76-72-69-65-61-53-50-46-42-38-34-29-24-17-10-3/h11,13-14,20-21,44-46,48-50,99-100,103-105,109-116H,4,6-10,12,15-19,22-43,47,51-98,101-102H2,1-3,5H3/t109-,110-,111+,112+,113-,114+/m1/s1. The highest BCUT2D eigenvalue weighted by Crippen LogP contribution is 2.33. The lowest BCUT2D eigenvalue weighted by Crippen LogP contribution is -2.40. The molecule has 0 saturated heterocycles. The topological polar surface area (TPSA) is 68.2 Å². The summed E-state index contributed by atoms with van der Waals surface area (Å²) in [7, 11) is 0. The third kappa shape index (κ3) is 80.2. The predicted octanol–water partition coefficient (Wildman–Crippen LogP) is 38.2. The van der Waals surface area contributed by atoms with Crippen LogP contribution in [-0.4, -0.2) is 46.8 Å². The summed E-state index contributed by atoms with van der Waals surface area (Å²) < 4.78 is 22.1. The normalized spacial score (nSPS) is 13.6. The summed E-state index contributed by atoms with van der Waals surface area (Å²) in [6, 6.07) is 6.67. The third-order valence-corrected chi connectivity index (χ3v) is 25.4. The molecule has 0 fully saturated rings. The number of rotatable bonds is 99. The summed E-state index contributed by atoms with van der Waals surface area (Å²) in [6.45, 7) is 21.3. The molecule has 0 saturated carbocycles. The zero-order valence-corrected chi connectivity index (χ0v) is 80.4. The molecule has 0 aliphatic rings. The lowest BCUT2D eigenvalue weighted by Gasteiger charge is -2.33. The van der Waals surface area contributed by atoms with E-state index < -0.39 is 24.4 Å². The number of benzene rings is 1. The Morgan fingerprint density at radius 2 is 0.487 bits per heavy atom. The van der Waals surface area contributed by atoms with Crippen molar-refractivity contribution in [3.8, 4) is 11.5 Å². The molecular formula is C114H206O5. The van der Waals surface area contributed by atoms with E-state index in [4.69, 9.17) is 14.2 Å². The fourth-order valence-electron chi connectivity index (χ4n) is 17.5. The second-order valence-corrected chi connectivity index (χ2v) is 37.0. The van der Waals surface area contributed by atoms with E-state index in [2.05, 4.69) is 114 Å². The summed E-state index contributed by atoms with van der Waals surface area (Å²) in [6.07, 6.45) is 130. The maximum Gasteiger partial charge on any atom is 0.143 e. The fourth-order valence-corrected chi connectivity index (χ4v) is 17.5. The van der Waals surface area contributed by atoms with E-state index in [-0.39, 0.29) is 12.2 Å². The highest BCUT2D eigenvalue weighted by atomic mass is 16.6. The molecule has 5 nitrogen and oxygen atoms in total. The molecule has 6 atom stereocenters. The Bertz CT molecular complexity index is 2360. The second-order valence-electron chi connectivity index (χ2n) is 37.0. The van der Waals surface area contributed by atoms with E-state index in [9.17, 15) is 10.2 Å². The highest BCUT2D eigenvalue weighted by Gasteiger charge is 2.30. The molecule has 0 radical (unpaired) electrons. The van der Waals surface area contributed by atoms with Crippen LogP contribution in [0.5, 0.6) is 11.5 Å². The zero-order valence-electron chi connectivity index (χ0n) is 80.4. The molecule has 0 aromatic heterocycles. The van der Waals surface area contributed by atoms with Crippen molar-refractivity contribution in [2.75, 3.05) is 0 Å². The van der Waals surface area contributed by atoms with Gasteiger partial charge in [0.15, 0.2) is 0 Å². The van der Waals surface area contributed by atoms with Crippen molar-refractivity contribution in [3.63, 3.8) is 0 Å². The third-order valence-electron chi connectivity index (χ3n) is 25.4. The van der Waals surface area contributed by atoms with Gasteiger partial charge in [-0.05, 0) is 159 Å². The molecule has 1 rings (SSSR count). The smallest absolute Gasteiger partial charge is 0.143 e. The van der Waals surface area contributed by atoms with Crippen LogP contribution in [0.3, 0.4) is 0 Å². The van der Waals surface area contributed by atoms with Crippen LogP contribution in [0, 0.1) is 0 Å². The van der Waals surface area contributed by atoms with E-state index >= 15 is 0 Å². The van der Waals surface area contributed by atoms with Gasteiger partial charge in [-0.2, -0.15) is 0 Å². The number of hydrogen-bond acceptors (Lipinski definition) is 5. The Morgan fingerprint density at radius 1 is 0.252 bits per heavy atom. The summed E-state index contributed by atoms with van der Waals surface area (Å²) >= 11 is 0. The second kappa shape index (κ2) is 95.3. The number of ether oxygens (including phenoxy) is 3. The summed E-state index contributed by atoms with van der Waals surface area (Å²) in [5, 5.41) is 24.4. The molecule has 0 unspecified atom stereocenters. The number of hydrogen-bond donors (Lipinski definition) is 2.